The van der Waals surface area contributed by atoms with E-state index in [9.17, 15) is 9.59 Å². The molecule has 1 aliphatic rings. The molecule has 0 aliphatic heterocycles. The molecule has 23 heavy (non-hydrogen) atoms. The second-order valence-corrected chi connectivity index (χ2v) is 6.80. The van der Waals surface area contributed by atoms with Crippen molar-refractivity contribution in [1.82, 2.24) is 25.4 Å². The SMILES string of the molecule is CC(C)(C)OC(=O)NC1CCCCC1NC(=O)Cn1cncn1. The highest BCUT2D eigenvalue weighted by molar-refractivity contribution is 5.76. The van der Waals surface area contributed by atoms with E-state index in [0.717, 1.165) is 25.7 Å². The van der Waals surface area contributed by atoms with Gasteiger partial charge < -0.3 is 15.4 Å². The van der Waals surface area contributed by atoms with Crippen LogP contribution in [0.4, 0.5) is 4.79 Å². The molecule has 2 atom stereocenters. The van der Waals surface area contributed by atoms with E-state index in [0.29, 0.717) is 0 Å². The summed E-state index contributed by atoms with van der Waals surface area (Å²) in [5, 5.41) is 9.77. The molecule has 0 bridgehead atoms. The minimum absolute atomic E-state index is 0.0905. The first-order valence-corrected chi connectivity index (χ1v) is 7.95. The van der Waals surface area contributed by atoms with Gasteiger partial charge in [0.05, 0.1) is 6.04 Å². The van der Waals surface area contributed by atoms with Gasteiger partial charge in [-0.1, -0.05) is 12.8 Å². The lowest BCUT2D eigenvalue weighted by atomic mass is 9.90. The number of nitrogens with one attached hydrogen (secondary N) is 2. The maximum absolute atomic E-state index is 12.1. The lowest BCUT2D eigenvalue weighted by Crippen LogP contribution is -2.54. The van der Waals surface area contributed by atoms with Crippen LogP contribution in [0.1, 0.15) is 46.5 Å². The summed E-state index contributed by atoms with van der Waals surface area (Å²) in [5.74, 6) is -0.140. The van der Waals surface area contributed by atoms with Crippen molar-refractivity contribution in [2.45, 2.75) is 70.7 Å². The molecule has 0 aromatic carbocycles. The maximum atomic E-state index is 12.1. The van der Waals surface area contributed by atoms with Gasteiger partial charge >= 0.3 is 6.09 Å². The third-order valence-corrected chi connectivity index (χ3v) is 3.59. The molecule has 1 fully saturated rings. The number of amides is 2. The fourth-order valence-electron chi connectivity index (χ4n) is 2.65. The number of ether oxygens (including phenoxy) is 1. The topological polar surface area (TPSA) is 98.1 Å². The molecule has 1 aromatic heterocycles. The van der Waals surface area contributed by atoms with Crippen molar-refractivity contribution in [3.63, 3.8) is 0 Å². The van der Waals surface area contributed by atoms with E-state index in [1.54, 1.807) is 0 Å². The number of alkyl carbamates (subject to hydrolysis) is 1. The second kappa shape index (κ2) is 7.43. The highest BCUT2D eigenvalue weighted by Gasteiger charge is 2.29. The molecule has 8 heteroatoms. The van der Waals surface area contributed by atoms with Gasteiger partial charge in [-0.25, -0.2) is 14.5 Å². The Bertz CT molecular complexity index is 524. The van der Waals surface area contributed by atoms with Crippen LogP contribution in [0.2, 0.25) is 0 Å². The van der Waals surface area contributed by atoms with Crippen molar-refractivity contribution in [1.29, 1.82) is 0 Å². The van der Waals surface area contributed by atoms with Crippen LogP contribution in [0.5, 0.6) is 0 Å². The van der Waals surface area contributed by atoms with Crippen LogP contribution >= 0.6 is 0 Å². The van der Waals surface area contributed by atoms with E-state index in [2.05, 4.69) is 20.7 Å². The Hall–Kier alpha value is -2.12. The van der Waals surface area contributed by atoms with Crippen molar-refractivity contribution in [3.05, 3.63) is 12.7 Å². The average Bonchev–Trinajstić information content (AvgIpc) is 2.91. The van der Waals surface area contributed by atoms with Crippen LogP contribution < -0.4 is 10.6 Å². The molecular weight excluding hydrogens is 298 g/mol. The number of aromatic nitrogens is 3. The minimum atomic E-state index is -0.537. The number of carbonyl (C=O) groups is 2. The fourth-order valence-corrected chi connectivity index (χ4v) is 2.65. The third kappa shape index (κ3) is 5.88. The second-order valence-electron chi connectivity index (χ2n) is 6.80. The summed E-state index contributed by atoms with van der Waals surface area (Å²) in [6.45, 7) is 5.59. The van der Waals surface area contributed by atoms with Gasteiger partial charge in [-0.15, -0.1) is 0 Å². The normalized spacial score (nSPS) is 21.5. The number of nitrogens with zero attached hydrogens (tertiary/aromatic N) is 3. The predicted molar refractivity (Wildman–Crippen MR) is 83.6 cm³/mol. The molecule has 1 aliphatic carbocycles. The Labute approximate surface area is 136 Å². The largest absolute Gasteiger partial charge is 0.444 e. The Morgan fingerprint density at radius 3 is 2.43 bits per heavy atom. The first kappa shape index (κ1) is 17.2. The molecule has 128 valence electrons. The van der Waals surface area contributed by atoms with E-state index >= 15 is 0 Å². The van der Waals surface area contributed by atoms with Crippen LogP contribution in [0.3, 0.4) is 0 Å². The van der Waals surface area contributed by atoms with Gasteiger partial charge in [0, 0.05) is 6.04 Å². The molecule has 0 spiro atoms. The molecule has 2 amide bonds. The van der Waals surface area contributed by atoms with Gasteiger partial charge in [-0.2, -0.15) is 5.10 Å². The monoisotopic (exact) mass is 323 g/mol. The standard InChI is InChI=1S/C15H25N5O3/c1-15(2,3)23-14(22)19-12-7-5-4-6-11(12)18-13(21)8-20-10-16-9-17-20/h9-12H,4-8H2,1-3H3,(H,18,21)(H,19,22). The predicted octanol–water partition coefficient (Wildman–Crippen LogP) is 1.23. The maximum Gasteiger partial charge on any atom is 0.407 e. The molecule has 8 nitrogen and oxygen atoms in total. The zero-order valence-electron chi connectivity index (χ0n) is 13.9. The van der Waals surface area contributed by atoms with E-state index in [4.69, 9.17) is 4.74 Å². The molecule has 2 N–H and O–H groups in total. The fraction of sp³-hybridized carbons (Fsp3) is 0.733. The zero-order valence-corrected chi connectivity index (χ0v) is 13.9. The van der Waals surface area contributed by atoms with Crippen LogP contribution in [0.15, 0.2) is 12.7 Å². The van der Waals surface area contributed by atoms with Crippen LogP contribution in [0, 0.1) is 0 Å². The lowest BCUT2D eigenvalue weighted by Gasteiger charge is -2.33. The van der Waals surface area contributed by atoms with Crippen molar-refractivity contribution in [3.8, 4) is 0 Å². The van der Waals surface area contributed by atoms with Gasteiger partial charge in [0.1, 0.15) is 24.8 Å². The summed E-state index contributed by atoms with van der Waals surface area (Å²) in [6, 6.07) is -0.203. The summed E-state index contributed by atoms with van der Waals surface area (Å²) in [5.41, 5.74) is -0.537. The van der Waals surface area contributed by atoms with Gasteiger partial charge in [0.25, 0.3) is 0 Å². The van der Waals surface area contributed by atoms with Crippen molar-refractivity contribution < 1.29 is 14.3 Å². The first-order valence-electron chi connectivity index (χ1n) is 7.95. The molecule has 1 heterocycles. The Kier molecular flexibility index (Phi) is 5.57. The van der Waals surface area contributed by atoms with Crippen molar-refractivity contribution in [2.75, 3.05) is 0 Å². The Morgan fingerprint density at radius 1 is 1.22 bits per heavy atom. The van der Waals surface area contributed by atoms with Crippen molar-refractivity contribution >= 4 is 12.0 Å². The number of hydrogen-bond donors (Lipinski definition) is 2. The van der Waals surface area contributed by atoms with E-state index < -0.39 is 11.7 Å². The van der Waals surface area contributed by atoms with Gasteiger partial charge in [0.2, 0.25) is 5.91 Å². The zero-order chi connectivity index (χ0) is 16.9. The smallest absolute Gasteiger partial charge is 0.407 e. The van der Waals surface area contributed by atoms with E-state index in [-0.39, 0.29) is 24.5 Å². The summed E-state index contributed by atoms with van der Waals surface area (Å²) in [7, 11) is 0. The number of rotatable bonds is 4. The Morgan fingerprint density at radius 2 is 1.87 bits per heavy atom. The molecule has 1 aromatic rings. The average molecular weight is 323 g/mol. The summed E-state index contributed by atoms with van der Waals surface area (Å²) < 4.78 is 6.76. The molecule has 2 unspecified atom stereocenters. The summed E-state index contributed by atoms with van der Waals surface area (Å²) in [4.78, 5) is 27.8. The van der Waals surface area contributed by atoms with Crippen LogP contribution in [0.25, 0.3) is 0 Å². The number of carbonyl (C=O) groups excluding carboxylic acids is 2. The van der Waals surface area contributed by atoms with Crippen molar-refractivity contribution in [2.24, 2.45) is 0 Å². The Balaban J connectivity index is 1.87. The van der Waals surface area contributed by atoms with Crippen LogP contribution in [-0.4, -0.2) is 44.4 Å². The summed E-state index contributed by atoms with van der Waals surface area (Å²) >= 11 is 0. The molecular formula is C15H25N5O3. The molecule has 1 saturated carbocycles. The summed E-state index contributed by atoms with van der Waals surface area (Å²) in [6.07, 6.45) is 6.16. The van der Waals surface area contributed by atoms with E-state index in [1.165, 1.54) is 17.3 Å². The molecule has 0 saturated heterocycles. The van der Waals surface area contributed by atoms with Gasteiger partial charge in [0.15, 0.2) is 0 Å². The first-order chi connectivity index (χ1) is 10.8. The molecule has 2 rings (SSSR count). The number of hydrogen-bond acceptors (Lipinski definition) is 5. The minimum Gasteiger partial charge on any atom is -0.444 e. The third-order valence-electron chi connectivity index (χ3n) is 3.59. The molecule has 0 radical (unpaired) electrons. The van der Waals surface area contributed by atoms with Crippen LogP contribution in [-0.2, 0) is 16.1 Å². The quantitative estimate of drug-likeness (QED) is 0.868. The van der Waals surface area contributed by atoms with Gasteiger partial charge in [-0.05, 0) is 33.6 Å². The highest BCUT2D eigenvalue weighted by atomic mass is 16.6. The highest BCUT2D eigenvalue weighted by Crippen LogP contribution is 2.19. The lowest BCUT2D eigenvalue weighted by molar-refractivity contribution is -0.123. The van der Waals surface area contributed by atoms with E-state index in [1.807, 2.05) is 20.8 Å². The van der Waals surface area contributed by atoms with Gasteiger partial charge in [-0.3, -0.25) is 4.79 Å².